The first-order valence-corrected chi connectivity index (χ1v) is 4.75. The highest BCUT2D eigenvalue weighted by atomic mass is 35.5. The van der Waals surface area contributed by atoms with Crippen molar-refractivity contribution in [3.05, 3.63) is 34.6 Å². The lowest BCUT2D eigenvalue weighted by Crippen LogP contribution is -1.86. The number of halogens is 1. The van der Waals surface area contributed by atoms with Gasteiger partial charge in [-0.3, -0.25) is 4.79 Å². The third-order valence-electron chi connectivity index (χ3n) is 1.53. The predicted octanol–water partition coefficient (Wildman–Crippen LogP) is 2.40. The van der Waals surface area contributed by atoms with E-state index >= 15 is 0 Å². The van der Waals surface area contributed by atoms with Gasteiger partial charge in [0.25, 0.3) is 0 Å². The highest BCUT2D eigenvalue weighted by molar-refractivity contribution is 7.16. The van der Waals surface area contributed by atoms with Crippen LogP contribution in [0.1, 0.15) is 9.67 Å². The van der Waals surface area contributed by atoms with Crippen LogP contribution in [0.2, 0.25) is 5.15 Å². The van der Waals surface area contributed by atoms with Crippen LogP contribution in [0.3, 0.4) is 0 Å². The number of aromatic nitrogens is 2. The van der Waals surface area contributed by atoms with E-state index in [0.717, 1.165) is 0 Å². The van der Waals surface area contributed by atoms with Crippen molar-refractivity contribution >= 4 is 29.2 Å². The normalized spacial score (nSPS) is 10.2. The van der Waals surface area contributed by atoms with E-state index in [1.165, 1.54) is 11.3 Å². The second-order valence-corrected chi connectivity index (χ2v) is 3.73. The molecule has 0 aliphatic heterocycles. The molecule has 13 heavy (non-hydrogen) atoms. The molecule has 2 aromatic rings. The molecule has 0 spiro atoms. The average Bonchev–Trinajstić information content (AvgIpc) is 2.71. The first-order chi connectivity index (χ1) is 6.31. The van der Waals surface area contributed by atoms with Gasteiger partial charge in [0, 0.05) is 12.4 Å². The Morgan fingerprint density at radius 1 is 1.46 bits per heavy atom. The molecular weight excluding hydrogens is 208 g/mol. The summed E-state index contributed by atoms with van der Waals surface area (Å²) >= 11 is 6.99. The molecule has 0 fully saturated rings. The third kappa shape index (κ3) is 1.50. The minimum absolute atomic E-state index is 0.267. The molecule has 0 bridgehead atoms. The van der Waals surface area contributed by atoms with Gasteiger partial charge < -0.3 is 4.57 Å². The van der Waals surface area contributed by atoms with Crippen LogP contribution >= 0.6 is 22.9 Å². The summed E-state index contributed by atoms with van der Waals surface area (Å²) in [6.45, 7) is 0. The monoisotopic (exact) mass is 212 g/mol. The number of rotatable bonds is 2. The Morgan fingerprint density at radius 2 is 2.15 bits per heavy atom. The Balaban J connectivity index is 2.48. The van der Waals surface area contributed by atoms with Crippen LogP contribution in [0, 0.1) is 0 Å². The van der Waals surface area contributed by atoms with E-state index in [2.05, 4.69) is 4.98 Å². The number of aldehydes is 1. The Hall–Kier alpha value is -1.13. The van der Waals surface area contributed by atoms with Gasteiger partial charge in [-0.1, -0.05) is 22.9 Å². The Labute approximate surface area is 83.6 Å². The summed E-state index contributed by atoms with van der Waals surface area (Å²) in [5, 5.41) is 0.973. The van der Waals surface area contributed by atoms with E-state index < -0.39 is 0 Å². The molecule has 0 aromatic carbocycles. The molecule has 0 amide bonds. The fourth-order valence-electron chi connectivity index (χ4n) is 0.948. The van der Waals surface area contributed by atoms with Crippen LogP contribution < -0.4 is 0 Å². The van der Waals surface area contributed by atoms with Gasteiger partial charge >= 0.3 is 0 Å². The highest BCUT2D eigenvalue weighted by Crippen LogP contribution is 2.23. The minimum atomic E-state index is 0.267. The summed E-state index contributed by atoms with van der Waals surface area (Å²) in [7, 11) is 0. The molecule has 0 aliphatic carbocycles. The van der Waals surface area contributed by atoms with Gasteiger partial charge in [0.2, 0.25) is 0 Å². The van der Waals surface area contributed by atoms with Crippen LogP contribution in [0.5, 0.6) is 0 Å². The van der Waals surface area contributed by atoms with Crippen molar-refractivity contribution in [1.82, 2.24) is 9.55 Å². The predicted molar refractivity (Wildman–Crippen MR) is 51.8 cm³/mol. The topological polar surface area (TPSA) is 34.9 Å². The molecule has 0 saturated heterocycles. The molecule has 0 atom stereocenters. The number of hydrogen-bond acceptors (Lipinski definition) is 3. The lowest BCUT2D eigenvalue weighted by molar-refractivity contribution is 0.112. The third-order valence-corrected chi connectivity index (χ3v) is 2.93. The van der Waals surface area contributed by atoms with Crippen molar-refractivity contribution in [1.29, 1.82) is 0 Å². The average molecular weight is 213 g/mol. The van der Waals surface area contributed by atoms with Crippen molar-refractivity contribution in [2.24, 2.45) is 0 Å². The number of carbonyl (C=O) groups is 1. The number of carbonyl (C=O) groups excluding carboxylic acids is 1. The number of nitrogens with zero attached hydrogens (tertiary/aromatic N) is 2. The maximum Gasteiger partial charge on any atom is 0.195 e. The first-order valence-electron chi connectivity index (χ1n) is 3.56. The first kappa shape index (κ1) is 8.47. The maximum atomic E-state index is 10.5. The lowest BCUT2D eigenvalue weighted by atomic mass is 10.6. The second kappa shape index (κ2) is 3.32. The molecule has 2 rings (SSSR count). The highest BCUT2D eigenvalue weighted by Gasteiger charge is 2.08. The van der Waals surface area contributed by atoms with Crippen LogP contribution in [0.15, 0.2) is 24.5 Å². The Morgan fingerprint density at radius 3 is 2.69 bits per heavy atom. The molecule has 0 unspecified atom stereocenters. The number of thiazole rings is 1. The molecule has 66 valence electrons. The zero-order valence-corrected chi connectivity index (χ0v) is 8.05. The van der Waals surface area contributed by atoms with Gasteiger partial charge in [0.15, 0.2) is 16.6 Å². The molecule has 3 nitrogen and oxygen atoms in total. The molecule has 0 N–H and O–H groups in total. The van der Waals surface area contributed by atoms with Crippen molar-refractivity contribution in [2.45, 2.75) is 0 Å². The summed E-state index contributed by atoms with van der Waals surface area (Å²) in [6, 6.07) is 3.77. The van der Waals surface area contributed by atoms with Crippen LogP contribution in [0.25, 0.3) is 5.13 Å². The van der Waals surface area contributed by atoms with E-state index in [9.17, 15) is 4.79 Å². The van der Waals surface area contributed by atoms with Gasteiger partial charge in [-0.05, 0) is 12.1 Å². The zero-order chi connectivity index (χ0) is 9.26. The fraction of sp³-hybridized carbons (Fsp3) is 0. The van der Waals surface area contributed by atoms with E-state index in [0.29, 0.717) is 16.3 Å². The van der Waals surface area contributed by atoms with Crippen molar-refractivity contribution in [3.8, 4) is 5.13 Å². The molecule has 0 radical (unpaired) electrons. The lowest BCUT2D eigenvalue weighted by Gasteiger charge is -1.92. The summed E-state index contributed by atoms with van der Waals surface area (Å²) in [6.07, 6.45) is 4.42. The van der Waals surface area contributed by atoms with Crippen molar-refractivity contribution < 1.29 is 4.79 Å². The van der Waals surface area contributed by atoms with Gasteiger partial charge in [-0.25, -0.2) is 4.98 Å². The van der Waals surface area contributed by atoms with E-state index in [1.54, 1.807) is 0 Å². The summed E-state index contributed by atoms with van der Waals surface area (Å²) in [5.74, 6) is 0. The zero-order valence-electron chi connectivity index (χ0n) is 6.48. The maximum absolute atomic E-state index is 10.5. The fourth-order valence-corrected chi connectivity index (χ4v) is 1.98. The minimum Gasteiger partial charge on any atom is -0.300 e. The largest absolute Gasteiger partial charge is 0.300 e. The van der Waals surface area contributed by atoms with Crippen molar-refractivity contribution in [3.63, 3.8) is 0 Å². The Kier molecular flexibility index (Phi) is 2.16. The molecule has 2 heterocycles. The second-order valence-electron chi connectivity index (χ2n) is 2.36. The van der Waals surface area contributed by atoms with E-state index in [4.69, 9.17) is 11.6 Å². The quantitative estimate of drug-likeness (QED) is 0.717. The van der Waals surface area contributed by atoms with Gasteiger partial charge in [0.1, 0.15) is 4.88 Å². The molecule has 0 aliphatic rings. The van der Waals surface area contributed by atoms with Crippen LogP contribution in [-0.2, 0) is 0 Å². The number of hydrogen-bond donors (Lipinski definition) is 0. The Bertz CT molecular complexity index is 421. The van der Waals surface area contributed by atoms with Crippen LogP contribution in [0.4, 0.5) is 0 Å². The molecule has 0 saturated carbocycles. The summed E-state index contributed by atoms with van der Waals surface area (Å²) < 4.78 is 1.81. The van der Waals surface area contributed by atoms with Crippen LogP contribution in [-0.4, -0.2) is 15.8 Å². The van der Waals surface area contributed by atoms with Gasteiger partial charge in [-0.2, -0.15) is 0 Å². The standard InChI is InChI=1S/C8H5ClN2OS/c9-7-6(5-12)13-8(10-7)11-3-1-2-4-11/h1-5H. The molecule has 5 heteroatoms. The van der Waals surface area contributed by atoms with Gasteiger partial charge in [0.05, 0.1) is 0 Å². The summed E-state index contributed by atoms with van der Waals surface area (Å²) in [5.41, 5.74) is 0. The smallest absolute Gasteiger partial charge is 0.195 e. The van der Waals surface area contributed by atoms with E-state index in [-0.39, 0.29) is 5.15 Å². The molecular formula is C8H5ClN2OS. The summed E-state index contributed by atoms with van der Waals surface area (Å²) in [4.78, 5) is 15.0. The van der Waals surface area contributed by atoms with E-state index in [1.807, 2.05) is 29.1 Å². The molecule has 2 aromatic heterocycles. The SMILES string of the molecule is O=Cc1sc(-n2cccc2)nc1Cl. The van der Waals surface area contributed by atoms with Crippen molar-refractivity contribution in [2.75, 3.05) is 0 Å². The van der Waals surface area contributed by atoms with Gasteiger partial charge in [-0.15, -0.1) is 0 Å².